The second-order valence-corrected chi connectivity index (χ2v) is 4.76. The molecule has 0 aliphatic rings. The van der Waals surface area contributed by atoms with E-state index in [2.05, 4.69) is 15.0 Å². The molecule has 0 saturated carbocycles. The van der Waals surface area contributed by atoms with Gasteiger partial charge in [-0.05, 0) is 18.2 Å². The highest BCUT2D eigenvalue weighted by Gasteiger charge is 2.15. The molecule has 0 aliphatic carbocycles. The number of aromatic nitrogens is 1. The Bertz CT molecular complexity index is 611. The van der Waals surface area contributed by atoms with Gasteiger partial charge in [-0.1, -0.05) is 0 Å². The van der Waals surface area contributed by atoms with Gasteiger partial charge in [0.15, 0.2) is 0 Å². The largest absolute Gasteiger partial charge is 0.468 e. The lowest BCUT2D eigenvalue weighted by Gasteiger charge is -2.10. The van der Waals surface area contributed by atoms with Crippen LogP contribution in [0.1, 0.15) is 10.4 Å². The van der Waals surface area contributed by atoms with E-state index in [4.69, 9.17) is 5.73 Å². The van der Waals surface area contributed by atoms with Crippen LogP contribution in [0.15, 0.2) is 23.7 Å². The number of fused-ring (bicyclic) bond motifs is 1. The fourth-order valence-electron chi connectivity index (χ4n) is 1.54. The van der Waals surface area contributed by atoms with Gasteiger partial charge < -0.3 is 15.8 Å². The summed E-state index contributed by atoms with van der Waals surface area (Å²) in [6.07, 6.45) is 0. The lowest BCUT2D eigenvalue weighted by Crippen LogP contribution is -2.43. The van der Waals surface area contributed by atoms with E-state index in [-0.39, 0.29) is 12.5 Å². The Kier molecular flexibility index (Phi) is 4.08. The van der Waals surface area contributed by atoms with Crippen molar-refractivity contribution in [2.75, 3.05) is 13.7 Å². The number of carbonyl (C=O) groups excluding carboxylic acids is 2. The number of nitrogens with one attached hydrogen (secondary N) is 1. The Balaban J connectivity index is 2.01. The van der Waals surface area contributed by atoms with E-state index < -0.39 is 12.0 Å². The van der Waals surface area contributed by atoms with Crippen LogP contribution in [0, 0.1) is 0 Å². The van der Waals surface area contributed by atoms with Gasteiger partial charge in [0.25, 0.3) is 5.91 Å². The first-order chi connectivity index (χ1) is 9.11. The number of esters is 1. The maximum atomic E-state index is 11.9. The van der Waals surface area contributed by atoms with Gasteiger partial charge in [0.1, 0.15) is 6.04 Å². The number of nitrogens with two attached hydrogens (primary N) is 1. The topological polar surface area (TPSA) is 94.3 Å². The average Bonchev–Trinajstić information content (AvgIpc) is 2.90. The zero-order valence-electron chi connectivity index (χ0n) is 10.3. The Labute approximate surface area is 113 Å². The molecule has 1 amide bonds. The highest BCUT2D eigenvalue weighted by atomic mass is 32.1. The van der Waals surface area contributed by atoms with Crippen LogP contribution in [-0.4, -0.2) is 36.6 Å². The number of carbonyl (C=O) groups is 2. The van der Waals surface area contributed by atoms with Gasteiger partial charge in [-0.2, -0.15) is 0 Å². The number of rotatable bonds is 4. The summed E-state index contributed by atoms with van der Waals surface area (Å²) >= 11 is 1.46. The number of nitrogens with zero attached hydrogens (tertiary/aromatic N) is 1. The van der Waals surface area contributed by atoms with Gasteiger partial charge in [-0.3, -0.25) is 9.59 Å². The third kappa shape index (κ3) is 3.07. The Hall–Kier alpha value is -1.99. The highest BCUT2D eigenvalue weighted by molar-refractivity contribution is 7.16. The second kappa shape index (κ2) is 5.77. The third-order valence-corrected chi connectivity index (χ3v) is 3.37. The Morgan fingerprint density at radius 3 is 3.05 bits per heavy atom. The summed E-state index contributed by atoms with van der Waals surface area (Å²) in [7, 11) is 1.25. The number of hydrogen-bond donors (Lipinski definition) is 2. The predicted octanol–water partition coefficient (Wildman–Crippen LogP) is 0.526. The van der Waals surface area contributed by atoms with Crippen molar-refractivity contribution in [2.45, 2.75) is 6.04 Å². The molecular formula is C12H13N3O3S. The first-order valence-electron chi connectivity index (χ1n) is 5.56. The molecule has 0 aliphatic heterocycles. The molecule has 0 radical (unpaired) electrons. The van der Waals surface area contributed by atoms with Crippen LogP contribution in [0.5, 0.6) is 0 Å². The van der Waals surface area contributed by atoms with Crippen LogP contribution in [0.25, 0.3) is 10.2 Å². The van der Waals surface area contributed by atoms with Crippen LogP contribution in [0.3, 0.4) is 0 Å². The number of benzene rings is 1. The van der Waals surface area contributed by atoms with Crippen LogP contribution < -0.4 is 11.1 Å². The molecule has 1 heterocycles. The zero-order chi connectivity index (χ0) is 13.8. The molecule has 6 nitrogen and oxygen atoms in total. The van der Waals surface area contributed by atoms with E-state index in [9.17, 15) is 9.59 Å². The minimum absolute atomic E-state index is 0.0340. The van der Waals surface area contributed by atoms with E-state index >= 15 is 0 Å². The number of methoxy groups -OCH3 is 1. The normalized spacial score (nSPS) is 12.1. The maximum Gasteiger partial charge on any atom is 0.324 e. The minimum Gasteiger partial charge on any atom is -0.468 e. The summed E-state index contributed by atoms with van der Waals surface area (Å²) in [5, 5.41) is 2.59. The summed E-state index contributed by atoms with van der Waals surface area (Å²) in [4.78, 5) is 27.1. The summed E-state index contributed by atoms with van der Waals surface area (Å²) < 4.78 is 5.41. The quantitative estimate of drug-likeness (QED) is 0.796. The molecule has 100 valence electrons. The monoisotopic (exact) mass is 279 g/mol. The summed E-state index contributed by atoms with van der Waals surface area (Å²) in [5.41, 5.74) is 8.62. The fourth-order valence-corrected chi connectivity index (χ4v) is 2.25. The van der Waals surface area contributed by atoms with E-state index in [1.54, 1.807) is 23.7 Å². The van der Waals surface area contributed by atoms with Crippen molar-refractivity contribution in [1.82, 2.24) is 10.3 Å². The van der Waals surface area contributed by atoms with Gasteiger partial charge in [-0.15, -0.1) is 11.3 Å². The Morgan fingerprint density at radius 2 is 2.32 bits per heavy atom. The molecule has 1 atom stereocenters. The SMILES string of the molecule is COC(=O)C(N)CNC(=O)c1ccc2ncsc2c1. The van der Waals surface area contributed by atoms with Crippen LogP contribution in [-0.2, 0) is 9.53 Å². The second-order valence-electron chi connectivity index (χ2n) is 3.87. The molecule has 0 fully saturated rings. The molecule has 1 unspecified atom stereocenters. The van der Waals surface area contributed by atoms with Crippen molar-refractivity contribution in [3.8, 4) is 0 Å². The first-order valence-corrected chi connectivity index (χ1v) is 6.44. The summed E-state index contributed by atoms with van der Waals surface area (Å²) in [5.74, 6) is -0.840. The van der Waals surface area contributed by atoms with E-state index in [0.717, 1.165) is 10.2 Å². The number of amides is 1. The van der Waals surface area contributed by atoms with Crippen molar-refractivity contribution in [2.24, 2.45) is 5.73 Å². The molecule has 2 aromatic rings. The molecule has 1 aromatic heterocycles. The predicted molar refractivity (Wildman–Crippen MR) is 71.9 cm³/mol. The maximum absolute atomic E-state index is 11.9. The van der Waals surface area contributed by atoms with Crippen LogP contribution >= 0.6 is 11.3 Å². The summed E-state index contributed by atoms with van der Waals surface area (Å²) in [6, 6.07) is 4.36. The standard InChI is InChI=1S/C12H13N3O3S/c1-18-12(17)8(13)5-14-11(16)7-2-3-9-10(4-7)19-6-15-9/h2-4,6,8H,5,13H2,1H3,(H,14,16). The van der Waals surface area contributed by atoms with Crippen molar-refractivity contribution >= 4 is 33.4 Å². The van der Waals surface area contributed by atoms with Gasteiger partial charge in [0, 0.05) is 12.1 Å². The lowest BCUT2D eigenvalue weighted by molar-refractivity contribution is -0.141. The molecule has 0 saturated heterocycles. The van der Waals surface area contributed by atoms with E-state index in [1.165, 1.54) is 18.4 Å². The zero-order valence-corrected chi connectivity index (χ0v) is 11.1. The molecule has 1 aromatic carbocycles. The van der Waals surface area contributed by atoms with Gasteiger partial charge in [0.2, 0.25) is 0 Å². The van der Waals surface area contributed by atoms with Gasteiger partial charge in [-0.25, -0.2) is 4.98 Å². The first kappa shape index (κ1) is 13.4. The lowest BCUT2D eigenvalue weighted by atomic mass is 10.2. The minimum atomic E-state index is -0.860. The molecule has 0 spiro atoms. The van der Waals surface area contributed by atoms with Crippen molar-refractivity contribution in [1.29, 1.82) is 0 Å². The molecule has 2 rings (SSSR count). The van der Waals surface area contributed by atoms with E-state index in [0.29, 0.717) is 5.56 Å². The Morgan fingerprint density at radius 1 is 1.53 bits per heavy atom. The average molecular weight is 279 g/mol. The van der Waals surface area contributed by atoms with E-state index in [1.807, 2.05) is 0 Å². The fraction of sp³-hybridized carbons (Fsp3) is 0.250. The van der Waals surface area contributed by atoms with Crippen molar-refractivity contribution in [3.05, 3.63) is 29.3 Å². The number of thiazole rings is 1. The van der Waals surface area contributed by atoms with Crippen LogP contribution in [0.4, 0.5) is 0 Å². The van der Waals surface area contributed by atoms with Gasteiger partial charge in [0.05, 0.1) is 22.8 Å². The third-order valence-electron chi connectivity index (χ3n) is 2.58. The molecule has 0 bridgehead atoms. The summed E-state index contributed by atoms with van der Waals surface area (Å²) in [6.45, 7) is 0.0340. The molecule has 3 N–H and O–H groups in total. The van der Waals surface area contributed by atoms with Crippen molar-refractivity contribution < 1.29 is 14.3 Å². The van der Waals surface area contributed by atoms with Crippen LogP contribution in [0.2, 0.25) is 0 Å². The number of ether oxygens (including phenoxy) is 1. The molecule has 7 heteroatoms. The highest BCUT2D eigenvalue weighted by Crippen LogP contribution is 2.18. The molecular weight excluding hydrogens is 266 g/mol. The van der Waals surface area contributed by atoms with Crippen molar-refractivity contribution in [3.63, 3.8) is 0 Å². The number of hydrogen-bond acceptors (Lipinski definition) is 6. The molecule has 19 heavy (non-hydrogen) atoms. The smallest absolute Gasteiger partial charge is 0.324 e. The van der Waals surface area contributed by atoms with Gasteiger partial charge >= 0.3 is 5.97 Å².